The molecule has 5 nitrogen and oxygen atoms in total. The van der Waals surface area contributed by atoms with Crippen molar-refractivity contribution < 1.29 is 14.6 Å². The van der Waals surface area contributed by atoms with Gasteiger partial charge in [0.15, 0.2) is 5.75 Å². The molecule has 90 valence electrons. The number of ether oxygens (including phenoxy) is 1. The van der Waals surface area contributed by atoms with Gasteiger partial charge in [0.1, 0.15) is 5.69 Å². The van der Waals surface area contributed by atoms with Crippen LogP contribution in [-0.2, 0) is 0 Å². The second-order valence-corrected chi connectivity index (χ2v) is 3.37. The maximum atomic E-state index is 10.5. The first-order valence-corrected chi connectivity index (χ1v) is 5.22. The highest BCUT2D eigenvalue weighted by molar-refractivity contribution is 5.65. The Morgan fingerprint density at radius 2 is 1.61 bits per heavy atom. The van der Waals surface area contributed by atoms with E-state index in [-0.39, 0.29) is 5.75 Å². The van der Waals surface area contributed by atoms with Gasteiger partial charge in [0.25, 0.3) is 0 Å². The largest absolute Gasteiger partial charge is 0.511 e. The van der Waals surface area contributed by atoms with Crippen LogP contribution in [0.3, 0.4) is 0 Å². The number of azo groups is 1. The Bertz CT molecular complexity index is 567. The second kappa shape index (κ2) is 5.58. The summed E-state index contributed by atoms with van der Waals surface area (Å²) in [5.41, 5.74) is 1.05. The van der Waals surface area contributed by atoms with Crippen molar-refractivity contribution in [2.45, 2.75) is 0 Å². The predicted molar refractivity (Wildman–Crippen MR) is 65.7 cm³/mol. The molecule has 0 bridgehead atoms. The van der Waals surface area contributed by atoms with Crippen LogP contribution in [0.2, 0.25) is 0 Å². The van der Waals surface area contributed by atoms with Gasteiger partial charge in [-0.25, -0.2) is 4.79 Å². The van der Waals surface area contributed by atoms with Crippen LogP contribution >= 0.6 is 0 Å². The summed E-state index contributed by atoms with van der Waals surface area (Å²) in [7, 11) is 0. The third-order valence-electron chi connectivity index (χ3n) is 2.09. The Labute approximate surface area is 103 Å². The average molecular weight is 242 g/mol. The van der Waals surface area contributed by atoms with Crippen LogP contribution in [0.25, 0.3) is 0 Å². The lowest BCUT2D eigenvalue weighted by molar-refractivity contribution is 0.144. The van der Waals surface area contributed by atoms with Crippen LogP contribution in [0.4, 0.5) is 16.2 Å². The molecule has 0 aliphatic heterocycles. The van der Waals surface area contributed by atoms with Crippen LogP contribution in [0.5, 0.6) is 5.75 Å². The molecule has 0 unspecified atom stereocenters. The van der Waals surface area contributed by atoms with E-state index in [2.05, 4.69) is 15.0 Å². The normalized spacial score (nSPS) is 10.4. The Morgan fingerprint density at radius 3 is 2.33 bits per heavy atom. The number of nitrogens with zero attached hydrogens (tertiary/aromatic N) is 2. The molecule has 2 rings (SSSR count). The maximum absolute atomic E-state index is 10.5. The molecule has 0 aliphatic carbocycles. The van der Waals surface area contributed by atoms with Gasteiger partial charge in [-0.2, -0.15) is 5.11 Å². The summed E-state index contributed by atoms with van der Waals surface area (Å²) < 4.78 is 4.60. The van der Waals surface area contributed by atoms with Crippen molar-refractivity contribution >= 4 is 17.5 Å². The fourth-order valence-electron chi connectivity index (χ4n) is 1.33. The van der Waals surface area contributed by atoms with Crippen LogP contribution < -0.4 is 4.74 Å². The van der Waals surface area contributed by atoms with E-state index in [1.54, 1.807) is 30.3 Å². The average Bonchev–Trinajstić information content (AvgIpc) is 2.38. The fraction of sp³-hybridized carbons (Fsp3) is 0. The predicted octanol–water partition coefficient (Wildman–Crippen LogP) is 4.16. The highest BCUT2D eigenvalue weighted by atomic mass is 16.7. The van der Waals surface area contributed by atoms with Gasteiger partial charge in [-0.3, -0.25) is 0 Å². The summed E-state index contributed by atoms with van der Waals surface area (Å²) in [5.74, 6) is 0.157. The van der Waals surface area contributed by atoms with Crippen molar-refractivity contribution in [3.63, 3.8) is 0 Å². The maximum Gasteiger partial charge on any atom is 0.511 e. The summed E-state index contributed by atoms with van der Waals surface area (Å²) in [6.07, 6.45) is -1.38. The molecule has 2 aromatic rings. The molecule has 2 aromatic carbocycles. The van der Waals surface area contributed by atoms with E-state index in [4.69, 9.17) is 5.11 Å². The van der Waals surface area contributed by atoms with Crippen molar-refractivity contribution in [2.75, 3.05) is 0 Å². The van der Waals surface area contributed by atoms with Gasteiger partial charge in [-0.1, -0.05) is 30.3 Å². The van der Waals surface area contributed by atoms with E-state index < -0.39 is 6.16 Å². The summed E-state index contributed by atoms with van der Waals surface area (Å²) in [4.78, 5) is 10.5. The van der Waals surface area contributed by atoms with Crippen LogP contribution in [0, 0.1) is 0 Å². The van der Waals surface area contributed by atoms with Gasteiger partial charge in [0, 0.05) is 0 Å². The van der Waals surface area contributed by atoms with Crippen molar-refractivity contribution in [2.24, 2.45) is 10.2 Å². The number of hydrogen-bond donors (Lipinski definition) is 1. The first kappa shape index (κ1) is 11.8. The zero-order valence-corrected chi connectivity index (χ0v) is 9.35. The lowest BCUT2D eigenvalue weighted by Crippen LogP contribution is -2.02. The van der Waals surface area contributed by atoms with Crippen LogP contribution in [0.1, 0.15) is 0 Å². The molecular formula is C13H10N2O3. The first-order valence-electron chi connectivity index (χ1n) is 5.22. The van der Waals surface area contributed by atoms with Crippen molar-refractivity contribution in [1.29, 1.82) is 0 Å². The molecular weight excluding hydrogens is 232 g/mol. The molecule has 0 spiro atoms. The minimum Gasteiger partial charge on any atom is -0.449 e. The zero-order chi connectivity index (χ0) is 12.8. The molecule has 18 heavy (non-hydrogen) atoms. The summed E-state index contributed by atoms with van der Waals surface area (Å²) in [6.45, 7) is 0. The highest BCUT2D eigenvalue weighted by Crippen LogP contribution is 2.28. The molecule has 0 saturated heterocycles. The fourth-order valence-corrected chi connectivity index (χ4v) is 1.33. The van der Waals surface area contributed by atoms with E-state index in [0.717, 1.165) is 0 Å². The van der Waals surface area contributed by atoms with Gasteiger partial charge in [-0.05, 0) is 24.3 Å². The summed E-state index contributed by atoms with van der Waals surface area (Å²) >= 11 is 0. The number of carboxylic acid groups (broad SMARTS) is 1. The Balaban J connectivity index is 2.23. The number of rotatable bonds is 3. The van der Waals surface area contributed by atoms with E-state index >= 15 is 0 Å². The molecule has 0 fully saturated rings. The lowest BCUT2D eigenvalue weighted by atomic mass is 10.3. The Morgan fingerprint density at radius 1 is 0.944 bits per heavy atom. The molecule has 0 aliphatic rings. The smallest absolute Gasteiger partial charge is 0.449 e. The third kappa shape index (κ3) is 3.15. The van der Waals surface area contributed by atoms with Crippen molar-refractivity contribution in [3.05, 3.63) is 54.6 Å². The molecule has 0 saturated carbocycles. The highest BCUT2D eigenvalue weighted by Gasteiger charge is 2.05. The molecule has 1 N–H and O–H groups in total. The van der Waals surface area contributed by atoms with E-state index in [1.165, 1.54) is 6.07 Å². The van der Waals surface area contributed by atoms with Crippen LogP contribution in [-0.4, -0.2) is 11.3 Å². The number of benzene rings is 2. The van der Waals surface area contributed by atoms with Gasteiger partial charge >= 0.3 is 6.16 Å². The second-order valence-electron chi connectivity index (χ2n) is 3.37. The molecule has 5 heteroatoms. The summed E-state index contributed by atoms with van der Waals surface area (Å²) in [6, 6.07) is 15.7. The van der Waals surface area contributed by atoms with Gasteiger partial charge in [0.05, 0.1) is 5.69 Å². The van der Waals surface area contributed by atoms with Crippen LogP contribution in [0.15, 0.2) is 64.8 Å². The number of carbonyl (C=O) groups is 1. The van der Waals surface area contributed by atoms with Gasteiger partial charge in [0.2, 0.25) is 0 Å². The van der Waals surface area contributed by atoms with Gasteiger partial charge < -0.3 is 9.84 Å². The molecule has 0 aromatic heterocycles. The molecule has 0 amide bonds. The molecule has 0 heterocycles. The topological polar surface area (TPSA) is 71.2 Å². The standard InChI is InChI=1S/C13H10N2O3/c16-13(17)18-12-9-5-4-8-11(12)15-14-10-6-2-1-3-7-10/h1-9H,(H,16,17). The third-order valence-corrected chi connectivity index (χ3v) is 2.09. The number of para-hydroxylation sites is 1. The van der Waals surface area contributed by atoms with E-state index in [0.29, 0.717) is 11.4 Å². The zero-order valence-electron chi connectivity index (χ0n) is 9.35. The molecule has 0 radical (unpaired) electrons. The number of hydrogen-bond acceptors (Lipinski definition) is 4. The quantitative estimate of drug-likeness (QED) is 0.499. The van der Waals surface area contributed by atoms with E-state index in [1.807, 2.05) is 18.2 Å². The Kier molecular flexibility index (Phi) is 3.66. The van der Waals surface area contributed by atoms with Crippen molar-refractivity contribution in [3.8, 4) is 5.75 Å². The molecule has 0 atom stereocenters. The minimum absolute atomic E-state index is 0.157. The monoisotopic (exact) mass is 242 g/mol. The SMILES string of the molecule is O=C(O)Oc1ccccc1N=Nc1ccccc1. The Hall–Kier alpha value is -2.69. The minimum atomic E-state index is -1.38. The van der Waals surface area contributed by atoms with Gasteiger partial charge in [-0.15, -0.1) is 5.11 Å². The summed E-state index contributed by atoms with van der Waals surface area (Å²) in [5, 5.41) is 16.5. The lowest BCUT2D eigenvalue weighted by Gasteiger charge is -2.01. The first-order chi connectivity index (χ1) is 8.75. The van der Waals surface area contributed by atoms with E-state index in [9.17, 15) is 4.79 Å². The van der Waals surface area contributed by atoms with Crippen molar-refractivity contribution in [1.82, 2.24) is 0 Å².